The lowest BCUT2D eigenvalue weighted by Crippen LogP contribution is -2.34. The van der Waals surface area contributed by atoms with Crippen molar-refractivity contribution < 1.29 is 9.53 Å². The minimum Gasteiger partial charge on any atom is -0.493 e. The van der Waals surface area contributed by atoms with Gasteiger partial charge < -0.3 is 10.1 Å². The maximum absolute atomic E-state index is 12.3. The maximum Gasteiger partial charge on any atom is 0.167 e. The van der Waals surface area contributed by atoms with Crippen LogP contribution in [0.25, 0.3) is 0 Å². The van der Waals surface area contributed by atoms with E-state index in [9.17, 15) is 4.79 Å². The van der Waals surface area contributed by atoms with E-state index in [-0.39, 0.29) is 11.7 Å². The van der Waals surface area contributed by atoms with Gasteiger partial charge in [-0.25, -0.2) is 0 Å². The van der Waals surface area contributed by atoms with Crippen molar-refractivity contribution in [3.05, 3.63) is 29.8 Å². The molecule has 1 aliphatic rings. The molecule has 0 radical (unpaired) electrons. The van der Waals surface area contributed by atoms with Crippen LogP contribution in [-0.4, -0.2) is 25.5 Å². The molecule has 1 unspecified atom stereocenters. The fourth-order valence-corrected chi connectivity index (χ4v) is 2.29. The van der Waals surface area contributed by atoms with E-state index in [0.29, 0.717) is 12.5 Å². The van der Waals surface area contributed by atoms with E-state index >= 15 is 0 Å². The highest BCUT2D eigenvalue weighted by molar-refractivity contribution is 5.98. The summed E-state index contributed by atoms with van der Waals surface area (Å²) in [5.74, 6) is 1.74. The first kappa shape index (κ1) is 14.1. The van der Waals surface area contributed by atoms with E-state index in [1.54, 1.807) is 0 Å². The Kier molecular flexibility index (Phi) is 4.97. The van der Waals surface area contributed by atoms with Gasteiger partial charge in [-0.2, -0.15) is 0 Å². The van der Waals surface area contributed by atoms with Crippen molar-refractivity contribution in [1.29, 1.82) is 0 Å². The zero-order valence-corrected chi connectivity index (χ0v) is 11.8. The molecule has 1 aliphatic heterocycles. The maximum atomic E-state index is 12.3. The highest BCUT2D eigenvalue weighted by Gasteiger charge is 2.21. The SMILES string of the molecule is CC(C)COc1ccc(C(=O)C2CCCNC2)cc1. The summed E-state index contributed by atoms with van der Waals surface area (Å²) in [5, 5.41) is 3.28. The van der Waals surface area contributed by atoms with Crippen LogP contribution in [-0.2, 0) is 0 Å². The lowest BCUT2D eigenvalue weighted by atomic mass is 9.91. The Morgan fingerprint density at radius 1 is 1.37 bits per heavy atom. The number of Topliss-reactive ketones (excluding diaryl/α,β-unsaturated/α-hetero) is 1. The molecule has 1 N–H and O–H groups in total. The average molecular weight is 261 g/mol. The largest absolute Gasteiger partial charge is 0.493 e. The van der Waals surface area contributed by atoms with Gasteiger partial charge in [0.05, 0.1) is 6.61 Å². The average Bonchev–Trinajstić information content (AvgIpc) is 2.46. The Balaban J connectivity index is 1.95. The summed E-state index contributed by atoms with van der Waals surface area (Å²) in [6, 6.07) is 7.55. The zero-order valence-electron chi connectivity index (χ0n) is 11.8. The molecule has 0 amide bonds. The molecule has 1 atom stereocenters. The molecule has 0 aliphatic carbocycles. The highest BCUT2D eigenvalue weighted by Crippen LogP contribution is 2.19. The summed E-state index contributed by atoms with van der Waals surface area (Å²) < 4.78 is 5.62. The third-order valence-electron chi connectivity index (χ3n) is 3.39. The molecule has 19 heavy (non-hydrogen) atoms. The van der Waals surface area contributed by atoms with E-state index in [4.69, 9.17) is 4.74 Å². The van der Waals surface area contributed by atoms with Gasteiger partial charge in [-0.15, -0.1) is 0 Å². The third-order valence-corrected chi connectivity index (χ3v) is 3.39. The molecule has 1 aromatic carbocycles. The van der Waals surface area contributed by atoms with Crippen molar-refractivity contribution in [2.45, 2.75) is 26.7 Å². The van der Waals surface area contributed by atoms with Gasteiger partial charge >= 0.3 is 0 Å². The predicted molar refractivity (Wildman–Crippen MR) is 76.7 cm³/mol. The lowest BCUT2D eigenvalue weighted by Gasteiger charge is -2.21. The Labute approximate surface area is 115 Å². The Morgan fingerprint density at radius 3 is 2.68 bits per heavy atom. The van der Waals surface area contributed by atoms with Gasteiger partial charge in [-0.3, -0.25) is 4.79 Å². The van der Waals surface area contributed by atoms with Crippen LogP contribution >= 0.6 is 0 Å². The zero-order chi connectivity index (χ0) is 13.7. The van der Waals surface area contributed by atoms with Crippen LogP contribution in [0.5, 0.6) is 5.75 Å². The van der Waals surface area contributed by atoms with E-state index in [1.807, 2.05) is 24.3 Å². The molecule has 0 bridgehead atoms. The van der Waals surface area contributed by atoms with Gasteiger partial charge in [0, 0.05) is 18.0 Å². The number of nitrogens with one attached hydrogen (secondary N) is 1. The van der Waals surface area contributed by atoms with Crippen LogP contribution in [0.3, 0.4) is 0 Å². The van der Waals surface area contributed by atoms with E-state index in [1.165, 1.54) is 0 Å². The van der Waals surface area contributed by atoms with Crippen molar-refractivity contribution >= 4 is 5.78 Å². The van der Waals surface area contributed by atoms with Gasteiger partial charge in [0.25, 0.3) is 0 Å². The number of carbonyl (C=O) groups is 1. The number of ether oxygens (including phenoxy) is 1. The standard InChI is InChI=1S/C16H23NO2/c1-12(2)11-19-15-7-5-13(6-8-15)16(18)14-4-3-9-17-10-14/h5-8,12,14,17H,3-4,9-11H2,1-2H3. The Bertz CT molecular complexity index is 405. The molecule has 0 aromatic heterocycles. The van der Waals surface area contributed by atoms with Gasteiger partial charge in [-0.05, 0) is 49.6 Å². The first-order valence-electron chi connectivity index (χ1n) is 7.14. The summed E-state index contributed by atoms with van der Waals surface area (Å²) in [5.41, 5.74) is 0.797. The number of hydrogen-bond donors (Lipinski definition) is 1. The topological polar surface area (TPSA) is 38.3 Å². The number of hydrogen-bond acceptors (Lipinski definition) is 3. The minimum absolute atomic E-state index is 0.135. The molecule has 1 saturated heterocycles. The second-order valence-electron chi connectivity index (χ2n) is 5.64. The first-order chi connectivity index (χ1) is 9.16. The van der Waals surface area contributed by atoms with Crippen molar-refractivity contribution in [2.24, 2.45) is 11.8 Å². The smallest absolute Gasteiger partial charge is 0.167 e. The van der Waals surface area contributed by atoms with Crippen LogP contribution < -0.4 is 10.1 Å². The van der Waals surface area contributed by atoms with Gasteiger partial charge in [0.2, 0.25) is 0 Å². The molecule has 0 spiro atoms. The van der Waals surface area contributed by atoms with Crippen molar-refractivity contribution in [2.75, 3.05) is 19.7 Å². The lowest BCUT2D eigenvalue weighted by molar-refractivity contribution is 0.0899. The summed E-state index contributed by atoms with van der Waals surface area (Å²) in [4.78, 5) is 12.3. The second-order valence-corrected chi connectivity index (χ2v) is 5.64. The molecule has 3 heteroatoms. The number of piperidine rings is 1. The minimum atomic E-state index is 0.135. The van der Waals surface area contributed by atoms with E-state index in [0.717, 1.165) is 37.2 Å². The second kappa shape index (κ2) is 6.71. The summed E-state index contributed by atoms with van der Waals surface area (Å²) in [6.45, 7) is 6.79. The summed E-state index contributed by atoms with van der Waals surface area (Å²) >= 11 is 0. The van der Waals surface area contributed by atoms with E-state index < -0.39 is 0 Å². The van der Waals surface area contributed by atoms with Crippen LogP contribution in [0, 0.1) is 11.8 Å². The van der Waals surface area contributed by atoms with Gasteiger partial charge in [0.15, 0.2) is 5.78 Å². The molecule has 104 valence electrons. The van der Waals surface area contributed by atoms with Crippen LogP contribution in [0.15, 0.2) is 24.3 Å². The van der Waals surface area contributed by atoms with Crippen LogP contribution in [0.2, 0.25) is 0 Å². The number of rotatable bonds is 5. The molecule has 1 fully saturated rings. The van der Waals surface area contributed by atoms with Crippen molar-refractivity contribution in [3.63, 3.8) is 0 Å². The quantitative estimate of drug-likeness (QED) is 0.828. The number of carbonyl (C=O) groups excluding carboxylic acids is 1. The fourth-order valence-electron chi connectivity index (χ4n) is 2.29. The van der Waals surface area contributed by atoms with Crippen LogP contribution in [0.1, 0.15) is 37.0 Å². The number of benzene rings is 1. The monoisotopic (exact) mass is 261 g/mol. The van der Waals surface area contributed by atoms with Crippen molar-refractivity contribution in [3.8, 4) is 5.75 Å². The fraction of sp³-hybridized carbons (Fsp3) is 0.562. The van der Waals surface area contributed by atoms with Gasteiger partial charge in [0.1, 0.15) is 5.75 Å². The molecule has 3 nitrogen and oxygen atoms in total. The predicted octanol–water partition coefficient (Wildman–Crippen LogP) is 2.90. The molecule has 2 rings (SSSR count). The van der Waals surface area contributed by atoms with E-state index in [2.05, 4.69) is 19.2 Å². The Hall–Kier alpha value is -1.35. The molecule has 1 heterocycles. The highest BCUT2D eigenvalue weighted by atomic mass is 16.5. The summed E-state index contributed by atoms with van der Waals surface area (Å²) in [6.07, 6.45) is 2.09. The third kappa shape index (κ3) is 4.06. The normalized spacial score (nSPS) is 19.4. The van der Waals surface area contributed by atoms with Crippen molar-refractivity contribution in [1.82, 2.24) is 5.32 Å². The van der Waals surface area contributed by atoms with Gasteiger partial charge in [-0.1, -0.05) is 13.8 Å². The molecular weight excluding hydrogens is 238 g/mol. The number of ketones is 1. The summed E-state index contributed by atoms with van der Waals surface area (Å²) in [7, 11) is 0. The molecule has 1 aromatic rings. The molecule has 0 saturated carbocycles. The Morgan fingerprint density at radius 2 is 2.11 bits per heavy atom. The van der Waals surface area contributed by atoms with Crippen LogP contribution in [0.4, 0.5) is 0 Å². The first-order valence-corrected chi connectivity index (χ1v) is 7.14. The molecular formula is C16H23NO2.